The van der Waals surface area contributed by atoms with Crippen molar-refractivity contribution in [3.05, 3.63) is 59.7 Å². The molecule has 0 unspecified atom stereocenters. The molecular formula is C21H24N4OS. The summed E-state index contributed by atoms with van der Waals surface area (Å²) >= 11 is 1.62. The molecule has 0 saturated carbocycles. The fraction of sp³-hybridized carbons (Fsp3) is 0.286. The van der Waals surface area contributed by atoms with Gasteiger partial charge in [-0.05, 0) is 44.8 Å². The molecule has 27 heavy (non-hydrogen) atoms. The summed E-state index contributed by atoms with van der Waals surface area (Å²) in [5.74, 6) is 0.0649. The zero-order valence-electron chi connectivity index (χ0n) is 15.7. The van der Waals surface area contributed by atoms with Crippen LogP contribution in [0.25, 0.3) is 21.8 Å². The molecule has 0 aliphatic heterocycles. The first kappa shape index (κ1) is 19.2. The molecule has 3 aromatic rings. The standard InChI is InChI=1S/C21H24N4OS/c1-25(2)13-3-10-23-20(26)14-16-4-6-17(7-5-16)19-15-27-21(24-19)18-8-11-22-12-9-18/h4-9,11-12,15H,3,10,13-14H2,1-2H3,(H,23,26). The highest BCUT2D eigenvalue weighted by Crippen LogP contribution is 2.28. The van der Waals surface area contributed by atoms with Crippen LogP contribution in [0, 0.1) is 0 Å². The largest absolute Gasteiger partial charge is 0.356 e. The predicted molar refractivity (Wildman–Crippen MR) is 111 cm³/mol. The Morgan fingerprint density at radius 1 is 1.07 bits per heavy atom. The summed E-state index contributed by atoms with van der Waals surface area (Å²) in [5, 5.41) is 6.01. The van der Waals surface area contributed by atoms with E-state index < -0.39 is 0 Å². The Kier molecular flexibility index (Phi) is 6.68. The zero-order valence-corrected chi connectivity index (χ0v) is 16.5. The lowest BCUT2D eigenvalue weighted by Crippen LogP contribution is -2.28. The van der Waals surface area contributed by atoms with Crippen LogP contribution in [0.1, 0.15) is 12.0 Å². The third-order valence-electron chi connectivity index (χ3n) is 4.15. The van der Waals surface area contributed by atoms with Gasteiger partial charge in [-0.2, -0.15) is 0 Å². The highest BCUT2D eigenvalue weighted by atomic mass is 32.1. The van der Waals surface area contributed by atoms with Crippen molar-refractivity contribution in [2.24, 2.45) is 0 Å². The van der Waals surface area contributed by atoms with Crippen LogP contribution < -0.4 is 5.32 Å². The van der Waals surface area contributed by atoms with E-state index in [0.29, 0.717) is 13.0 Å². The second-order valence-corrected chi connectivity index (χ2v) is 7.51. The van der Waals surface area contributed by atoms with E-state index in [4.69, 9.17) is 4.98 Å². The molecule has 0 fully saturated rings. The molecule has 0 bridgehead atoms. The Morgan fingerprint density at radius 3 is 2.52 bits per heavy atom. The average Bonchev–Trinajstić information content (AvgIpc) is 3.17. The van der Waals surface area contributed by atoms with Gasteiger partial charge in [0.15, 0.2) is 0 Å². The van der Waals surface area contributed by atoms with E-state index >= 15 is 0 Å². The van der Waals surface area contributed by atoms with Crippen LogP contribution in [-0.2, 0) is 11.2 Å². The van der Waals surface area contributed by atoms with Crippen LogP contribution >= 0.6 is 11.3 Å². The SMILES string of the molecule is CN(C)CCCNC(=O)Cc1ccc(-c2csc(-c3ccncc3)n2)cc1. The van der Waals surface area contributed by atoms with Gasteiger partial charge in [-0.3, -0.25) is 9.78 Å². The lowest BCUT2D eigenvalue weighted by molar-refractivity contribution is -0.120. The number of aromatic nitrogens is 2. The fourth-order valence-corrected chi connectivity index (χ4v) is 3.53. The van der Waals surface area contributed by atoms with Crippen molar-refractivity contribution in [1.82, 2.24) is 20.2 Å². The molecule has 0 saturated heterocycles. The third-order valence-corrected chi connectivity index (χ3v) is 5.04. The summed E-state index contributed by atoms with van der Waals surface area (Å²) in [5.41, 5.74) is 4.09. The third kappa shape index (κ3) is 5.70. The molecule has 1 N–H and O–H groups in total. The van der Waals surface area contributed by atoms with Crippen molar-refractivity contribution in [2.45, 2.75) is 12.8 Å². The van der Waals surface area contributed by atoms with Crippen molar-refractivity contribution in [1.29, 1.82) is 0 Å². The number of amides is 1. The molecular weight excluding hydrogens is 356 g/mol. The lowest BCUT2D eigenvalue weighted by Gasteiger charge is -2.10. The van der Waals surface area contributed by atoms with Gasteiger partial charge in [0.05, 0.1) is 12.1 Å². The highest BCUT2D eigenvalue weighted by molar-refractivity contribution is 7.13. The van der Waals surface area contributed by atoms with E-state index in [-0.39, 0.29) is 5.91 Å². The summed E-state index contributed by atoms with van der Waals surface area (Å²) in [4.78, 5) is 22.9. The number of hydrogen-bond acceptors (Lipinski definition) is 5. The number of pyridine rings is 1. The van der Waals surface area contributed by atoms with Gasteiger partial charge in [0, 0.05) is 35.4 Å². The van der Waals surface area contributed by atoms with Gasteiger partial charge in [-0.25, -0.2) is 4.98 Å². The zero-order chi connectivity index (χ0) is 19.1. The molecule has 1 aromatic carbocycles. The van der Waals surface area contributed by atoms with Gasteiger partial charge in [-0.15, -0.1) is 11.3 Å². The Morgan fingerprint density at radius 2 is 1.81 bits per heavy atom. The number of nitrogens with zero attached hydrogens (tertiary/aromatic N) is 3. The van der Waals surface area contributed by atoms with Crippen molar-refractivity contribution < 1.29 is 4.79 Å². The summed E-state index contributed by atoms with van der Waals surface area (Å²) in [7, 11) is 4.07. The maximum Gasteiger partial charge on any atom is 0.224 e. The molecule has 6 heteroatoms. The number of benzene rings is 1. The number of hydrogen-bond donors (Lipinski definition) is 1. The monoisotopic (exact) mass is 380 g/mol. The van der Waals surface area contributed by atoms with Crippen LogP contribution in [0.3, 0.4) is 0 Å². The molecule has 0 aliphatic rings. The lowest BCUT2D eigenvalue weighted by atomic mass is 10.1. The van der Waals surface area contributed by atoms with Gasteiger partial charge in [0.2, 0.25) is 5.91 Å². The summed E-state index contributed by atoms with van der Waals surface area (Å²) in [6.07, 6.45) is 4.91. The van der Waals surface area contributed by atoms with Crippen LogP contribution in [0.4, 0.5) is 0 Å². The van der Waals surface area contributed by atoms with E-state index in [0.717, 1.165) is 40.4 Å². The van der Waals surface area contributed by atoms with E-state index in [2.05, 4.69) is 20.6 Å². The van der Waals surface area contributed by atoms with Crippen LogP contribution in [0.5, 0.6) is 0 Å². The van der Waals surface area contributed by atoms with Crippen LogP contribution in [0.2, 0.25) is 0 Å². The van der Waals surface area contributed by atoms with Crippen LogP contribution in [0.15, 0.2) is 54.2 Å². The predicted octanol–water partition coefficient (Wildman–Crippen LogP) is 3.48. The number of carbonyl (C=O) groups excluding carboxylic acids is 1. The second kappa shape index (κ2) is 9.39. The van der Waals surface area contributed by atoms with Gasteiger partial charge >= 0.3 is 0 Å². The second-order valence-electron chi connectivity index (χ2n) is 6.65. The van der Waals surface area contributed by atoms with Crippen molar-refractivity contribution in [3.63, 3.8) is 0 Å². The minimum absolute atomic E-state index is 0.0649. The molecule has 5 nitrogen and oxygen atoms in total. The van der Waals surface area contributed by atoms with Crippen molar-refractivity contribution in [2.75, 3.05) is 27.2 Å². The Bertz CT molecular complexity index is 859. The Labute approximate surface area is 164 Å². The summed E-state index contributed by atoms with van der Waals surface area (Å²) in [6.45, 7) is 1.69. The normalized spacial score (nSPS) is 10.9. The van der Waals surface area contributed by atoms with E-state index in [9.17, 15) is 4.79 Å². The molecule has 0 radical (unpaired) electrons. The minimum Gasteiger partial charge on any atom is -0.356 e. The van der Waals surface area contributed by atoms with Crippen molar-refractivity contribution >= 4 is 17.2 Å². The number of thiazole rings is 1. The smallest absolute Gasteiger partial charge is 0.224 e. The van der Waals surface area contributed by atoms with Crippen LogP contribution in [-0.4, -0.2) is 48.0 Å². The van der Waals surface area contributed by atoms with Crippen molar-refractivity contribution in [3.8, 4) is 21.8 Å². The van der Waals surface area contributed by atoms with E-state index in [1.54, 1.807) is 23.7 Å². The molecule has 2 heterocycles. The summed E-state index contributed by atoms with van der Waals surface area (Å²) < 4.78 is 0. The number of carbonyl (C=O) groups is 1. The van der Waals surface area contributed by atoms with E-state index in [1.807, 2.05) is 50.5 Å². The fourth-order valence-electron chi connectivity index (χ4n) is 2.70. The molecule has 0 aliphatic carbocycles. The molecule has 140 valence electrons. The maximum atomic E-state index is 12.0. The maximum absolute atomic E-state index is 12.0. The Hall–Kier alpha value is -2.57. The molecule has 0 spiro atoms. The van der Waals surface area contributed by atoms with Gasteiger partial charge < -0.3 is 10.2 Å². The van der Waals surface area contributed by atoms with E-state index in [1.165, 1.54) is 0 Å². The molecule has 3 rings (SSSR count). The number of rotatable bonds is 8. The number of nitrogens with one attached hydrogen (secondary N) is 1. The van der Waals surface area contributed by atoms with Gasteiger partial charge in [0.1, 0.15) is 5.01 Å². The van der Waals surface area contributed by atoms with Gasteiger partial charge in [0.25, 0.3) is 0 Å². The average molecular weight is 381 g/mol. The quantitative estimate of drug-likeness (QED) is 0.608. The first-order valence-electron chi connectivity index (χ1n) is 8.98. The summed E-state index contributed by atoms with van der Waals surface area (Å²) in [6, 6.07) is 12.0. The first-order chi connectivity index (χ1) is 13.1. The minimum atomic E-state index is 0.0649. The first-order valence-corrected chi connectivity index (χ1v) is 9.86. The Balaban J connectivity index is 1.56. The van der Waals surface area contributed by atoms with Gasteiger partial charge in [-0.1, -0.05) is 24.3 Å². The molecule has 2 aromatic heterocycles. The topological polar surface area (TPSA) is 58.1 Å². The highest BCUT2D eigenvalue weighted by Gasteiger charge is 2.08. The molecule has 1 amide bonds. The molecule has 0 atom stereocenters.